The van der Waals surface area contributed by atoms with Gasteiger partial charge < -0.3 is 22.3 Å². The number of ketones is 1. The molecule has 0 aromatic carbocycles. The monoisotopic (exact) mass is 281 g/mol. The fourth-order valence-electron chi connectivity index (χ4n) is 0.787. The molecule has 0 saturated heterocycles. The van der Waals surface area contributed by atoms with Crippen LogP contribution in [0, 0.1) is 0 Å². The fraction of sp³-hybridized carbons (Fsp3) is 0.625. The van der Waals surface area contributed by atoms with Gasteiger partial charge >= 0.3 is 5.97 Å². The maximum Gasteiger partial charge on any atom is 0.321 e. The van der Waals surface area contributed by atoms with Crippen LogP contribution in [0.5, 0.6) is 0 Å². The minimum absolute atomic E-state index is 0.106. The summed E-state index contributed by atoms with van der Waals surface area (Å²) in [7, 11) is 2.08. The van der Waals surface area contributed by atoms with Gasteiger partial charge in [-0.2, -0.15) is 0 Å². The topological polar surface area (TPSA) is 150 Å². The zero-order valence-electron chi connectivity index (χ0n) is 9.16. The molecule has 0 saturated carbocycles. The molecule has 0 spiro atoms. The number of amides is 1. The lowest BCUT2D eigenvalue weighted by atomic mass is 10.1. The van der Waals surface area contributed by atoms with E-state index in [0.29, 0.717) is 0 Å². The van der Waals surface area contributed by atoms with E-state index < -0.39 is 29.2 Å². The lowest BCUT2D eigenvalue weighted by Crippen LogP contribution is -2.47. The van der Waals surface area contributed by atoms with Crippen molar-refractivity contribution in [3.05, 3.63) is 0 Å². The molecule has 1 amide bonds. The van der Waals surface area contributed by atoms with Crippen LogP contribution in [-0.4, -0.2) is 45.9 Å². The van der Waals surface area contributed by atoms with Crippen LogP contribution in [0.1, 0.15) is 6.92 Å². The first kappa shape index (κ1) is 16.2. The Morgan fingerprint density at radius 1 is 1.29 bits per heavy atom. The highest BCUT2D eigenvalue weighted by molar-refractivity contribution is 8.77. The molecule has 0 heterocycles. The van der Waals surface area contributed by atoms with E-state index in [9.17, 15) is 14.4 Å². The second kappa shape index (κ2) is 7.54. The maximum atomic E-state index is 11.2. The summed E-state index contributed by atoms with van der Waals surface area (Å²) in [5, 5.41) is 7.75. The molecule has 0 bridgehead atoms. The molecular weight excluding hydrogens is 266 g/mol. The third kappa shape index (κ3) is 5.91. The molecule has 0 aliphatic rings. The molecule has 7 nitrogen and oxygen atoms in total. The Hall–Kier alpha value is -0.770. The molecule has 0 radical (unpaired) electrons. The fourth-order valence-corrected chi connectivity index (χ4v) is 3.57. The number of carboxylic acids is 1. The van der Waals surface area contributed by atoms with Crippen molar-refractivity contribution >= 4 is 39.2 Å². The molecule has 0 aromatic heterocycles. The smallest absolute Gasteiger partial charge is 0.321 e. The van der Waals surface area contributed by atoms with Crippen molar-refractivity contribution in [2.24, 2.45) is 17.2 Å². The van der Waals surface area contributed by atoms with Crippen molar-refractivity contribution in [2.45, 2.75) is 24.3 Å². The number of carboxylic acid groups (broad SMARTS) is 1. The van der Waals surface area contributed by atoms with Crippen molar-refractivity contribution < 1.29 is 19.5 Å². The predicted octanol–water partition coefficient (Wildman–Crippen LogP) is -1.45. The Morgan fingerprint density at radius 2 is 1.82 bits per heavy atom. The number of carbonyl (C=O) groups excluding carboxylic acids is 2. The molecule has 0 fully saturated rings. The minimum Gasteiger partial charge on any atom is -0.480 e. The van der Waals surface area contributed by atoms with E-state index in [4.69, 9.17) is 22.3 Å². The van der Waals surface area contributed by atoms with Gasteiger partial charge in [0.2, 0.25) is 5.91 Å². The van der Waals surface area contributed by atoms with Gasteiger partial charge in [0.25, 0.3) is 0 Å². The van der Waals surface area contributed by atoms with Crippen LogP contribution < -0.4 is 17.2 Å². The molecule has 9 heteroatoms. The molecule has 0 aliphatic carbocycles. The van der Waals surface area contributed by atoms with Gasteiger partial charge in [0.05, 0.1) is 5.25 Å². The Balaban J connectivity index is 4.25. The van der Waals surface area contributed by atoms with Crippen LogP contribution in [0.2, 0.25) is 0 Å². The van der Waals surface area contributed by atoms with E-state index in [1.54, 1.807) is 0 Å². The van der Waals surface area contributed by atoms with Crippen LogP contribution >= 0.6 is 21.6 Å². The molecule has 17 heavy (non-hydrogen) atoms. The number of aliphatic carboxylic acids is 1. The molecule has 0 aromatic rings. The molecule has 0 aliphatic heterocycles. The normalized spacial score (nSPS) is 15.9. The summed E-state index contributed by atoms with van der Waals surface area (Å²) in [6.45, 7) is 1.29. The highest BCUT2D eigenvalue weighted by atomic mass is 33.1. The standard InChI is InChI=1S/C8H15N3O4S2/c1-3(12)6(5(10)7(11)13)17-16-2-4(9)8(14)15/h4-6H,2,9-10H2,1H3,(H2,11,13)(H,14,15)/t4-,5-,6?/m0/s1. The summed E-state index contributed by atoms with van der Waals surface area (Å²) >= 11 is 0. The van der Waals surface area contributed by atoms with Gasteiger partial charge in [-0.1, -0.05) is 21.6 Å². The van der Waals surface area contributed by atoms with Crippen molar-refractivity contribution in [3.63, 3.8) is 0 Å². The first-order valence-electron chi connectivity index (χ1n) is 4.59. The lowest BCUT2D eigenvalue weighted by Gasteiger charge is -2.17. The third-order valence-electron chi connectivity index (χ3n) is 1.79. The van der Waals surface area contributed by atoms with Crippen LogP contribution in [0.3, 0.4) is 0 Å². The van der Waals surface area contributed by atoms with Gasteiger partial charge in [-0.3, -0.25) is 14.4 Å². The van der Waals surface area contributed by atoms with Gasteiger partial charge in [-0.05, 0) is 6.92 Å². The van der Waals surface area contributed by atoms with E-state index in [2.05, 4.69) is 0 Å². The number of carbonyl (C=O) groups is 3. The quantitative estimate of drug-likeness (QED) is 0.395. The maximum absolute atomic E-state index is 11.2. The summed E-state index contributed by atoms with van der Waals surface area (Å²) in [6, 6.07) is -2.11. The number of hydrogen-bond donors (Lipinski definition) is 4. The number of nitrogens with two attached hydrogens (primary N) is 3. The minimum atomic E-state index is -1.13. The molecule has 7 N–H and O–H groups in total. The van der Waals surface area contributed by atoms with Gasteiger partial charge in [0, 0.05) is 5.75 Å². The zero-order valence-corrected chi connectivity index (χ0v) is 10.8. The highest BCUT2D eigenvalue weighted by Gasteiger charge is 2.28. The lowest BCUT2D eigenvalue weighted by molar-refractivity contribution is -0.137. The van der Waals surface area contributed by atoms with Gasteiger partial charge in [0.1, 0.15) is 17.9 Å². The van der Waals surface area contributed by atoms with Gasteiger partial charge in [-0.25, -0.2) is 0 Å². The Labute approximate surface area is 106 Å². The zero-order chi connectivity index (χ0) is 13.6. The Kier molecular flexibility index (Phi) is 7.19. The molecular formula is C8H15N3O4S2. The second-order valence-electron chi connectivity index (χ2n) is 3.28. The van der Waals surface area contributed by atoms with Crippen molar-refractivity contribution in [1.82, 2.24) is 0 Å². The van der Waals surface area contributed by atoms with E-state index in [1.807, 2.05) is 0 Å². The second-order valence-corrected chi connectivity index (χ2v) is 5.84. The average Bonchev–Trinajstić information content (AvgIpc) is 2.22. The van der Waals surface area contributed by atoms with Crippen LogP contribution in [0.25, 0.3) is 0 Å². The van der Waals surface area contributed by atoms with Crippen LogP contribution in [0.4, 0.5) is 0 Å². The van der Waals surface area contributed by atoms with E-state index in [1.165, 1.54) is 6.92 Å². The predicted molar refractivity (Wildman–Crippen MR) is 67.3 cm³/mol. The van der Waals surface area contributed by atoms with E-state index in [0.717, 1.165) is 21.6 Å². The first-order chi connectivity index (χ1) is 7.77. The van der Waals surface area contributed by atoms with Crippen molar-refractivity contribution in [1.29, 1.82) is 0 Å². The molecule has 3 atom stereocenters. The third-order valence-corrected chi connectivity index (χ3v) is 4.69. The average molecular weight is 281 g/mol. The van der Waals surface area contributed by atoms with Crippen molar-refractivity contribution in [3.8, 4) is 0 Å². The summed E-state index contributed by atoms with van der Waals surface area (Å²) in [5.41, 5.74) is 15.7. The highest BCUT2D eigenvalue weighted by Crippen LogP contribution is 2.29. The summed E-state index contributed by atoms with van der Waals surface area (Å²) in [4.78, 5) is 32.5. The summed E-state index contributed by atoms with van der Waals surface area (Å²) in [5.74, 6) is -2.09. The Bertz CT molecular complexity index is 313. The number of primary amides is 1. The molecule has 0 rings (SSSR count). The largest absolute Gasteiger partial charge is 0.480 e. The van der Waals surface area contributed by atoms with Crippen molar-refractivity contribution in [2.75, 3.05) is 5.75 Å². The van der Waals surface area contributed by atoms with E-state index >= 15 is 0 Å². The van der Waals surface area contributed by atoms with Gasteiger partial charge in [0.15, 0.2) is 0 Å². The van der Waals surface area contributed by atoms with Gasteiger partial charge in [-0.15, -0.1) is 0 Å². The molecule has 98 valence electrons. The Morgan fingerprint density at radius 3 is 2.18 bits per heavy atom. The first-order valence-corrected chi connectivity index (χ1v) is 6.97. The number of Topliss-reactive ketones (excluding diaryl/α,β-unsaturated/α-hetero) is 1. The number of rotatable bonds is 8. The van der Waals surface area contributed by atoms with Crippen LogP contribution in [-0.2, 0) is 14.4 Å². The molecule has 1 unspecified atom stereocenters. The SMILES string of the molecule is CC(=O)C(SSC[C@H](N)C(=O)O)[C@H](N)C(N)=O. The van der Waals surface area contributed by atoms with Crippen LogP contribution in [0.15, 0.2) is 0 Å². The van der Waals surface area contributed by atoms with E-state index in [-0.39, 0.29) is 11.5 Å². The number of hydrogen-bond acceptors (Lipinski definition) is 7. The summed E-state index contributed by atoms with van der Waals surface area (Å²) in [6.07, 6.45) is 0. The summed E-state index contributed by atoms with van der Waals surface area (Å²) < 4.78 is 0.